The zero-order valence-corrected chi connectivity index (χ0v) is 15.8. The number of sulfonamides is 1. The van der Waals surface area contributed by atoms with Gasteiger partial charge in [-0.1, -0.05) is 41.4 Å². The lowest BCUT2D eigenvalue weighted by molar-refractivity contribution is 0.0950. The Kier molecular flexibility index (Phi) is 5.52. The van der Waals surface area contributed by atoms with Gasteiger partial charge in [-0.05, 0) is 30.3 Å². The van der Waals surface area contributed by atoms with E-state index in [1.165, 1.54) is 18.2 Å². The highest BCUT2D eigenvalue weighted by Crippen LogP contribution is 2.24. The molecule has 0 aliphatic rings. The van der Waals surface area contributed by atoms with E-state index in [0.717, 1.165) is 10.9 Å². The number of carbonyl (C=O) groups excluding carboxylic acids is 1. The van der Waals surface area contributed by atoms with Crippen molar-refractivity contribution in [1.82, 2.24) is 15.0 Å². The molecule has 0 bridgehead atoms. The first kappa shape index (κ1) is 18.7. The van der Waals surface area contributed by atoms with Gasteiger partial charge in [0.15, 0.2) is 0 Å². The van der Waals surface area contributed by atoms with Gasteiger partial charge in [-0.25, -0.2) is 13.1 Å². The number of hydrogen-bond acceptors (Lipinski definition) is 3. The molecule has 136 valence electrons. The molecule has 1 heterocycles. The molecule has 1 aromatic heterocycles. The van der Waals surface area contributed by atoms with Crippen molar-refractivity contribution in [3.05, 3.63) is 64.3 Å². The molecule has 6 nitrogen and oxygen atoms in total. The number of H-pyrrole nitrogens is 1. The fraction of sp³-hybridized carbons (Fsp3) is 0.118. The van der Waals surface area contributed by atoms with Gasteiger partial charge in [-0.15, -0.1) is 0 Å². The van der Waals surface area contributed by atoms with Gasteiger partial charge in [-0.3, -0.25) is 4.79 Å². The molecule has 26 heavy (non-hydrogen) atoms. The van der Waals surface area contributed by atoms with Crippen LogP contribution in [0.25, 0.3) is 10.9 Å². The van der Waals surface area contributed by atoms with Gasteiger partial charge < -0.3 is 10.3 Å². The molecule has 0 atom stereocenters. The zero-order valence-electron chi connectivity index (χ0n) is 13.4. The fourth-order valence-corrected chi connectivity index (χ4v) is 4.21. The van der Waals surface area contributed by atoms with Crippen LogP contribution in [0.15, 0.2) is 53.4 Å². The predicted octanol–water partition coefficient (Wildman–Crippen LogP) is 3.18. The summed E-state index contributed by atoms with van der Waals surface area (Å²) >= 11 is 11.7. The minimum atomic E-state index is -3.82. The summed E-state index contributed by atoms with van der Waals surface area (Å²) in [5, 5.41) is 3.92. The van der Waals surface area contributed by atoms with E-state index >= 15 is 0 Å². The molecule has 0 spiro atoms. The van der Waals surface area contributed by atoms with Crippen LogP contribution in [0.4, 0.5) is 0 Å². The Morgan fingerprint density at radius 3 is 2.58 bits per heavy atom. The molecule has 1 amide bonds. The third-order valence-corrected chi connectivity index (χ3v) is 5.84. The van der Waals surface area contributed by atoms with Crippen molar-refractivity contribution in [3.8, 4) is 0 Å². The summed E-state index contributed by atoms with van der Waals surface area (Å²) in [7, 11) is -3.82. The molecule has 3 rings (SSSR count). The normalized spacial score (nSPS) is 11.6. The van der Waals surface area contributed by atoms with Gasteiger partial charge in [0.1, 0.15) is 10.6 Å². The molecule has 0 fully saturated rings. The Labute approximate surface area is 160 Å². The minimum Gasteiger partial charge on any atom is -0.351 e. The van der Waals surface area contributed by atoms with Crippen molar-refractivity contribution in [2.24, 2.45) is 0 Å². The van der Waals surface area contributed by atoms with E-state index in [2.05, 4.69) is 15.0 Å². The van der Waals surface area contributed by atoms with E-state index in [-0.39, 0.29) is 33.9 Å². The minimum absolute atomic E-state index is 0.0111. The molecular formula is C17H15Cl2N3O3S. The molecule has 0 saturated carbocycles. The summed E-state index contributed by atoms with van der Waals surface area (Å²) in [5.74, 6) is -0.318. The lowest BCUT2D eigenvalue weighted by Gasteiger charge is -2.09. The lowest BCUT2D eigenvalue weighted by Crippen LogP contribution is -2.34. The van der Waals surface area contributed by atoms with Crippen LogP contribution in [0.2, 0.25) is 10.0 Å². The van der Waals surface area contributed by atoms with Crippen LogP contribution in [-0.4, -0.2) is 32.4 Å². The summed E-state index contributed by atoms with van der Waals surface area (Å²) in [6.07, 6.45) is 0. The van der Waals surface area contributed by atoms with Crippen molar-refractivity contribution in [3.63, 3.8) is 0 Å². The molecule has 0 aliphatic heterocycles. The van der Waals surface area contributed by atoms with Gasteiger partial charge >= 0.3 is 0 Å². The van der Waals surface area contributed by atoms with Crippen molar-refractivity contribution < 1.29 is 13.2 Å². The third kappa shape index (κ3) is 4.19. The van der Waals surface area contributed by atoms with Gasteiger partial charge in [0.25, 0.3) is 5.91 Å². The van der Waals surface area contributed by atoms with Crippen molar-refractivity contribution >= 4 is 50.0 Å². The number of hydrogen-bond donors (Lipinski definition) is 3. The number of fused-ring (bicyclic) bond motifs is 1. The maximum atomic E-state index is 12.3. The summed E-state index contributed by atoms with van der Waals surface area (Å²) < 4.78 is 26.9. The highest BCUT2D eigenvalue weighted by atomic mass is 35.5. The number of para-hydroxylation sites is 1. The van der Waals surface area contributed by atoms with Gasteiger partial charge in [-0.2, -0.15) is 0 Å². The average Bonchev–Trinajstić information content (AvgIpc) is 3.05. The molecule has 9 heteroatoms. The predicted molar refractivity (Wildman–Crippen MR) is 102 cm³/mol. The van der Waals surface area contributed by atoms with Crippen LogP contribution in [0.3, 0.4) is 0 Å². The van der Waals surface area contributed by atoms with Crippen LogP contribution in [-0.2, 0) is 10.0 Å². The second-order valence-corrected chi connectivity index (χ2v) is 8.08. The van der Waals surface area contributed by atoms with E-state index in [1.54, 1.807) is 6.07 Å². The molecular weight excluding hydrogens is 397 g/mol. The highest BCUT2D eigenvalue weighted by molar-refractivity contribution is 7.89. The molecule has 3 aromatic rings. The molecule has 3 N–H and O–H groups in total. The molecule has 0 unspecified atom stereocenters. The standard InChI is InChI=1S/C17H15Cl2N3O3S/c18-12-5-6-13(19)16(10-12)26(24,25)21-8-7-20-17(23)15-9-11-3-1-2-4-14(11)22-15/h1-6,9-10,21-22H,7-8H2,(H,20,23). The molecule has 0 radical (unpaired) electrons. The highest BCUT2D eigenvalue weighted by Gasteiger charge is 2.18. The van der Waals surface area contributed by atoms with E-state index in [9.17, 15) is 13.2 Å². The van der Waals surface area contributed by atoms with E-state index in [4.69, 9.17) is 23.2 Å². The summed E-state index contributed by atoms with van der Waals surface area (Å²) in [4.78, 5) is 15.1. The topological polar surface area (TPSA) is 91.1 Å². The number of amides is 1. The Morgan fingerprint density at radius 1 is 1.04 bits per heavy atom. The van der Waals surface area contributed by atoms with Crippen molar-refractivity contribution in [1.29, 1.82) is 0 Å². The summed E-state index contributed by atoms with van der Waals surface area (Å²) in [6, 6.07) is 13.4. The monoisotopic (exact) mass is 411 g/mol. The molecule has 2 aromatic carbocycles. The van der Waals surface area contributed by atoms with Gasteiger partial charge in [0.05, 0.1) is 5.02 Å². The first-order valence-corrected chi connectivity index (χ1v) is 9.91. The number of rotatable bonds is 6. The largest absolute Gasteiger partial charge is 0.351 e. The second kappa shape index (κ2) is 7.67. The van der Waals surface area contributed by atoms with Crippen molar-refractivity contribution in [2.45, 2.75) is 4.90 Å². The first-order chi connectivity index (χ1) is 12.4. The summed E-state index contributed by atoms with van der Waals surface area (Å²) in [6.45, 7) is 0.128. The van der Waals surface area contributed by atoms with Gasteiger partial charge in [0.2, 0.25) is 10.0 Å². The quantitative estimate of drug-likeness (QED) is 0.543. The molecule has 0 saturated heterocycles. The van der Waals surface area contributed by atoms with Crippen LogP contribution in [0, 0.1) is 0 Å². The number of aromatic nitrogens is 1. The second-order valence-electron chi connectivity index (χ2n) is 5.50. The number of nitrogens with one attached hydrogen (secondary N) is 3. The van der Waals surface area contributed by atoms with E-state index in [1.807, 2.05) is 24.3 Å². The fourth-order valence-electron chi connectivity index (χ4n) is 2.41. The maximum Gasteiger partial charge on any atom is 0.267 e. The van der Waals surface area contributed by atoms with E-state index in [0.29, 0.717) is 5.69 Å². The Balaban J connectivity index is 1.57. The first-order valence-electron chi connectivity index (χ1n) is 7.67. The van der Waals surface area contributed by atoms with Gasteiger partial charge in [0, 0.05) is 29.0 Å². The van der Waals surface area contributed by atoms with Crippen LogP contribution in [0.1, 0.15) is 10.5 Å². The Morgan fingerprint density at radius 2 is 1.81 bits per heavy atom. The number of halogens is 2. The Bertz CT molecular complexity index is 1030. The van der Waals surface area contributed by atoms with E-state index < -0.39 is 10.0 Å². The summed E-state index contributed by atoms with van der Waals surface area (Å²) in [5.41, 5.74) is 1.26. The Hall–Kier alpha value is -2.06. The number of aromatic amines is 1. The number of benzene rings is 2. The average molecular weight is 412 g/mol. The molecule has 0 aliphatic carbocycles. The SMILES string of the molecule is O=C(NCCNS(=O)(=O)c1cc(Cl)ccc1Cl)c1cc2ccccc2[nH]1. The van der Waals surface area contributed by atoms with Crippen LogP contribution in [0.5, 0.6) is 0 Å². The third-order valence-electron chi connectivity index (χ3n) is 3.66. The zero-order chi connectivity index (χ0) is 18.7. The van der Waals surface area contributed by atoms with Crippen molar-refractivity contribution in [2.75, 3.05) is 13.1 Å². The maximum absolute atomic E-state index is 12.3. The van der Waals surface area contributed by atoms with Crippen LogP contribution < -0.4 is 10.0 Å². The van der Waals surface area contributed by atoms with Crippen LogP contribution >= 0.6 is 23.2 Å². The smallest absolute Gasteiger partial charge is 0.267 e. The lowest BCUT2D eigenvalue weighted by atomic mass is 10.2. The number of carbonyl (C=O) groups is 1.